The third-order valence-corrected chi connectivity index (χ3v) is 5.12. The van der Waals surface area contributed by atoms with Gasteiger partial charge in [0.25, 0.3) is 0 Å². The molecule has 0 spiro atoms. The highest BCUT2D eigenvalue weighted by atomic mass is 16.6. The van der Waals surface area contributed by atoms with Gasteiger partial charge in [0, 0.05) is 24.7 Å². The molecule has 1 amide bonds. The lowest BCUT2D eigenvalue weighted by Gasteiger charge is -2.22. The van der Waals surface area contributed by atoms with Crippen molar-refractivity contribution in [3.05, 3.63) is 42.0 Å². The van der Waals surface area contributed by atoms with Crippen LogP contribution in [0.15, 0.2) is 36.4 Å². The maximum absolute atomic E-state index is 12.5. The number of esters is 1. The number of benzene rings is 2. The summed E-state index contributed by atoms with van der Waals surface area (Å²) in [4.78, 5) is 26.6. The van der Waals surface area contributed by atoms with Gasteiger partial charge in [-0.05, 0) is 29.8 Å². The van der Waals surface area contributed by atoms with Crippen molar-refractivity contribution in [2.24, 2.45) is 5.92 Å². The van der Waals surface area contributed by atoms with Gasteiger partial charge in [-0.1, -0.05) is 6.07 Å². The number of rotatable bonds is 6. The Hall–Kier alpha value is -3.42. The average Bonchev–Trinajstić information content (AvgIpc) is 3.18. The first-order valence-corrected chi connectivity index (χ1v) is 9.66. The summed E-state index contributed by atoms with van der Waals surface area (Å²) < 4.78 is 27.0. The minimum absolute atomic E-state index is 0.0912. The molecule has 1 fully saturated rings. The van der Waals surface area contributed by atoms with Crippen LogP contribution in [0.1, 0.15) is 12.0 Å². The molecule has 2 aromatic rings. The van der Waals surface area contributed by atoms with Gasteiger partial charge in [0.15, 0.2) is 23.0 Å². The fourth-order valence-corrected chi connectivity index (χ4v) is 3.56. The summed E-state index contributed by atoms with van der Waals surface area (Å²) in [5, 5.41) is 0. The quantitative estimate of drug-likeness (QED) is 0.673. The first-order valence-electron chi connectivity index (χ1n) is 9.66. The SMILES string of the molecule is COc1ccc(COC(=O)[C@@H]2CC(=O)N(c3ccc4c(c3)OCCO4)C2)cc1OC. The van der Waals surface area contributed by atoms with E-state index in [2.05, 4.69) is 0 Å². The van der Waals surface area contributed by atoms with Gasteiger partial charge in [0.05, 0.1) is 20.1 Å². The van der Waals surface area contributed by atoms with Crippen LogP contribution in [0.25, 0.3) is 0 Å². The fourth-order valence-electron chi connectivity index (χ4n) is 3.56. The lowest BCUT2D eigenvalue weighted by Crippen LogP contribution is -2.26. The molecule has 2 aliphatic rings. The molecule has 0 unspecified atom stereocenters. The molecule has 2 aromatic carbocycles. The van der Waals surface area contributed by atoms with Crippen molar-refractivity contribution in [1.82, 2.24) is 0 Å². The van der Waals surface area contributed by atoms with Crippen LogP contribution in [0.3, 0.4) is 0 Å². The second kappa shape index (κ2) is 8.52. The second-order valence-electron chi connectivity index (χ2n) is 7.03. The number of hydrogen-bond acceptors (Lipinski definition) is 7. The number of methoxy groups -OCH3 is 2. The second-order valence-corrected chi connectivity index (χ2v) is 7.03. The molecular weight excluding hydrogens is 390 g/mol. The first kappa shape index (κ1) is 19.9. The van der Waals surface area contributed by atoms with Crippen molar-refractivity contribution in [2.75, 3.05) is 38.9 Å². The van der Waals surface area contributed by atoms with Gasteiger partial charge in [0.1, 0.15) is 19.8 Å². The van der Waals surface area contributed by atoms with Crippen molar-refractivity contribution in [2.45, 2.75) is 13.0 Å². The van der Waals surface area contributed by atoms with Crippen molar-refractivity contribution < 1.29 is 33.3 Å². The summed E-state index contributed by atoms with van der Waals surface area (Å²) in [6.07, 6.45) is 0.110. The molecule has 1 atom stereocenters. The van der Waals surface area contributed by atoms with Crippen molar-refractivity contribution in [1.29, 1.82) is 0 Å². The van der Waals surface area contributed by atoms with Gasteiger partial charge in [0.2, 0.25) is 5.91 Å². The molecule has 0 N–H and O–H groups in total. The maximum Gasteiger partial charge on any atom is 0.311 e. The normalized spacial score (nSPS) is 17.6. The zero-order valence-electron chi connectivity index (χ0n) is 16.9. The molecule has 30 heavy (non-hydrogen) atoms. The molecule has 0 saturated carbocycles. The topological polar surface area (TPSA) is 83.5 Å². The number of carbonyl (C=O) groups excluding carboxylic acids is 2. The zero-order valence-corrected chi connectivity index (χ0v) is 16.9. The number of nitrogens with zero attached hydrogens (tertiary/aromatic N) is 1. The fraction of sp³-hybridized carbons (Fsp3) is 0.364. The Bertz CT molecular complexity index is 958. The largest absolute Gasteiger partial charge is 0.493 e. The number of hydrogen-bond donors (Lipinski definition) is 0. The van der Waals surface area contributed by atoms with Gasteiger partial charge in [-0.25, -0.2) is 0 Å². The number of anilines is 1. The number of ether oxygens (including phenoxy) is 5. The lowest BCUT2D eigenvalue weighted by molar-refractivity contribution is -0.149. The summed E-state index contributed by atoms with van der Waals surface area (Å²) in [5.74, 6) is 1.37. The van der Waals surface area contributed by atoms with Crippen LogP contribution in [0.2, 0.25) is 0 Å². The van der Waals surface area contributed by atoms with E-state index in [1.54, 1.807) is 55.5 Å². The molecular formula is C22H23NO7. The maximum atomic E-state index is 12.5. The van der Waals surface area contributed by atoms with Gasteiger partial charge in [-0.3, -0.25) is 9.59 Å². The molecule has 2 aliphatic heterocycles. The average molecular weight is 413 g/mol. The van der Waals surface area contributed by atoms with E-state index < -0.39 is 11.9 Å². The number of amides is 1. The third kappa shape index (κ3) is 3.98. The Labute approximate surface area is 174 Å². The van der Waals surface area contributed by atoms with Crippen LogP contribution >= 0.6 is 0 Å². The molecule has 1 saturated heterocycles. The van der Waals surface area contributed by atoms with Crippen molar-refractivity contribution >= 4 is 17.6 Å². The number of fused-ring (bicyclic) bond motifs is 1. The van der Waals surface area contributed by atoms with Crippen molar-refractivity contribution in [3.8, 4) is 23.0 Å². The van der Waals surface area contributed by atoms with Crippen LogP contribution in [0, 0.1) is 5.92 Å². The minimum atomic E-state index is -0.522. The predicted octanol–water partition coefficient (Wildman–Crippen LogP) is 2.57. The highest BCUT2D eigenvalue weighted by Gasteiger charge is 2.36. The third-order valence-electron chi connectivity index (χ3n) is 5.12. The van der Waals surface area contributed by atoms with Crippen molar-refractivity contribution in [3.63, 3.8) is 0 Å². The Morgan fingerprint density at radius 2 is 1.80 bits per heavy atom. The molecule has 4 rings (SSSR count). The van der Waals surface area contributed by atoms with Gasteiger partial charge in [-0.2, -0.15) is 0 Å². The van der Waals surface area contributed by atoms with Crippen LogP contribution in [-0.2, 0) is 20.9 Å². The van der Waals surface area contributed by atoms with E-state index in [1.807, 2.05) is 0 Å². The Kier molecular flexibility index (Phi) is 5.65. The standard InChI is InChI=1S/C22H23NO7/c1-26-17-5-3-14(9-19(17)27-2)13-30-22(25)15-10-21(24)23(12-15)16-4-6-18-20(11-16)29-8-7-28-18/h3-6,9,11,15H,7-8,10,12-13H2,1-2H3/t15-/m1/s1. The summed E-state index contributed by atoms with van der Waals surface area (Å²) in [5.41, 5.74) is 1.45. The Morgan fingerprint density at radius 1 is 1.03 bits per heavy atom. The molecule has 8 nitrogen and oxygen atoms in total. The van der Waals surface area contributed by atoms with Gasteiger partial charge >= 0.3 is 5.97 Å². The molecule has 0 radical (unpaired) electrons. The van der Waals surface area contributed by atoms with E-state index in [9.17, 15) is 9.59 Å². The van der Waals surface area contributed by atoms with Gasteiger partial charge in [-0.15, -0.1) is 0 Å². The molecule has 0 aromatic heterocycles. The predicted molar refractivity (Wildman–Crippen MR) is 107 cm³/mol. The highest BCUT2D eigenvalue weighted by Crippen LogP contribution is 2.36. The molecule has 8 heteroatoms. The van der Waals surface area contributed by atoms with Crippen LogP contribution in [0.5, 0.6) is 23.0 Å². The van der Waals surface area contributed by atoms with Gasteiger partial charge < -0.3 is 28.6 Å². The molecule has 0 bridgehead atoms. The van der Waals surface area contributed by atoms with E-state index in [4.69, 9.17) is 23.7 Å². The number of carbonyl (C=O) groups is 2. The van der Waals surface area contributed by atoms with E-state index in [0.29, 0.717) is 41.9 Å². The first-order chi connectivity index (χ1) is 14.6. The summed E-state index contributed by atoms with van der Waals surface area (Å²) in [6, 6.07) is 10.7. The summed E-state index contributed by atoms with van der Waals surface area (Å²) in [7, 11) is 3.10. The summed E-state index contributed by atoms with van der Waals surface area (Å²) in [6.45, 7) is 1.33. The highest BCUT2D eigenvalue weighted by molar-refractivity contribution is 5.99. The van der Waals surface area contributed by atoms with Crippen LogP contribution in [-0.4, -0.2) is 45.9 Å². The summed E-state index contributed by atoms with van der Waals surface area (Å²) >= 11 is 0. The zero-order chi connectivity index (χ0) is 21.1. The Morgan fingerprint density at radius 3 is 2.57 bits per heavy atom. The van der Waals surface area contributed by atoms with Crippen LogP contribution in [0.4, 0.5) is 5.69 Å². The Balaban J connectivity index is 1.38. The van der Waals surface area contributed by atoms with E-state index in [0.717, 1.165) is 5.56 Å². The smallest absolute Gasteiger partial charge is 0.311 e. The van der Waals surface area contributed by atoms with E-state index >= 15 is 0 Å². The monoisotopic (exact) mass is 413 g/mol. The molecule has 158 valence electrons. The van der Waals surface area contributed by atoms with E-state index in [1.165, 1.54) is 0 Å². The minimum Gasteiger partial charge on any atom is -0.493 e. The lowest BCUT2D eigenvalue weighted by atomic mass is 10.1. The van der Waals surface area contributed by atoms with Crippen LogP contribution < -0.4 is 23.8 Å². The molecule has 2 heterocycles. The molecule has 0 aliphatic carbocycles. The van der Waals surface area contributed by atoms with E-state index in [-0.39, 0.29) is 25.5 Å².